The summed E-state index contributed by atoms with van der Waals surface area (Å²) in [5, 5.41) is 0. The summed E-state index contributed by atoms with van der Waals surface area (Å²) in [5.74, 6) is 0. The Kier molecular flexibility index (Phi) is 2.69. The minimum absolute atomic E-state index is 0.153. The molecule has 0 unspecified atom stereocenters. The third-order valence-electron chi connectivity index (χ3n) is 2.55. The van der Waals surface area contributed by atoms with E-state index in [9.17, 15) is 0 Å². The molecule has 0 spiro atoms. The Balaban J connectivity index is 2.23. The summed E-state index contributed by atoms with van der Waals surface area (Å²) in [6.07, 6.45) is 3.77. The topological polar surface area (TPSA) is 9.23 Å². The highest BCUT2D eigenvalue weighted by atomic mass is 16.5. The standard InChI is InChI=1S/C13H16O/c1-10-8-11(2)14-13(9-10)12-6-4-3-5-7-12/h3-7,9,11,13H,8H2,1-2H3/t11-,13+/m0/s1. The Morgan fingerprint density at radius 2 is 1.93 bits per heavy atom. The summed E-state index contributed by atoms with van der Waals surface area (Å²) in [6.45, 7) is 4.31. The summed E-state index contributed by atoms with van der Waals surface area (Å²) >= 11 is 0. The van der Waals surface area contributed by atoms with Crippen LogP contribution in [0.5, 0.6) is 0 Å². The van der Waals surface area contributed by atoms with Crippen molar-refractivity contribution in [1.29, 1.82) is 0 Å². The van der Waals surface area contributed by atoms with Crippen LogP contribution in [0.4, 0.5) is 0 Å². The molecule has 0 fully saturated rings. The first-order chi connectivity index (χ1) is 6.75. The van der Waals surface area contributed by atoms with E-state index in [1.807, 2.05) is 6.07 Å². The van der Waals surface area contributed by atoms with E-state index in [0.717, 1.165) is 6.42 Å². The van der Waals surface area contributed by atoms with E-state index in [-0.39, 0.29) is 6.10 Å². The van der Waals surface area contributed by atoms with Gasteiger partial charge in [0.2, 0.25) is 0 Å². The second kappa shape index (κ2) is 3.97. The zero-order chi connectivity index (χ0) is 9.97. The summed E-state index contributed by atoms with van der Waals surface area (Å²) in [5.41, 5.74) is 2.68. The predicted molar refractivity (Wildman–Crippen MR) is 58.1 cm³/mol. The molecule has 1 nitrogen and oxygen atoms in total. The predicted octanol–water partition coefficient (Wildman–Crippen LogP) is 3.48. The lowest BCUT2D eigenvalue weighted by Crippen LogP contribution is -2.17. The number of hydrogen-bond acceptors (Lipinski definition) is 1. The third-order valence-corrected chi connectivity index (χ3v) is 2.55. The number of benzene rings is 1. The molecule has 1 heterocycles. The molecule has 1 aliphatic heterocycles. The highest BCUT2D eigenvalue weighted by molar-refractivity contribution is 5.24. The van der Waals surface area contributed by atoms with Crippen molar-refractivity contribution < 1.29 is 4.74 Å². The maximum absolute atomic E-state index is 5.87. The van der Waals surface area contributed by atoms with Crippen molar-refractivity contribution in [2.45, 2.75) is 32.5 Å². The van der Waals surface area contributed by atoms with Gasteiger partial charge in [0.1, 0.15) is 6.10 Å². The highest BCUT2D eigenvalue weighted by Crippen LogP contribution is 2.28. The molecule has 0 radical (unpaired) electrons. The molecule has 0 saturated carbocycles. The number of ether oxygens (including phenoxy) is 1. The molecule has 1 aliphatic rings. The lowest BCUT2D eigenvalue weighted by atomic mass is 10.0. The van der Waals surface area contributed by atoms with E-state index in [2.05, 4.69) is 44.2 Å². The van der Waals surface area contributed by atoms with Crippen LogP contribution >= 0.6 is 0 Å². The van der Waals surface area contributed by atoms with Crippen molar-refractivity contribution in [1.82, 2.24) is 0 Å². The van der Waals surface area contributed by atoms with E-state index in [0.29, 0.717) is 6.10 Å². The first-order valence-corrected chi connectivity index (χ1v) is 5.13. The first kappa shape index (κ1) is 9.47. The zero-order valence-corrected chi connectivity index (χ0v) is 8.73. The maximum atomic E-state index is 5.87. The monoisotopic (exact) mass is 188 g/mol. The van der Waals surface area contributed by atoms with Gasteiger partial charge in [-0.1, -0.05) is 42.0 Å². The molecule has 0 saturated heterocycles. The van der Waals surface area contributed by atoms with Gasteiger partial charge in [-0.05, 0) is 25.8 Å². The molecule has 2 rings (SSSR count). The fourth-order valence-corrected chi connectivity index (χ4v) is 1.94. The van der Waals surface area contributed by atoms with Crippen LogP contribution in [0, 0.1) is 0 Å². The molecule has 2 atom stereocenters. The third kappa shape index (κ3) is 2.05. The summed E-state index contributed by atoms with van der Waals surface area (Å²) in [6, 6.07) is 10.4. The van der Waals surface area contributed by atoms with Gasteiger partial charge in [0, 0.05) is 0 Å². The largest absolute Gasteiger partial charge is 0.366 e. The first-order valence-electron chi connectivity index (χ1n) is 5.13. The molecule has 1 heteroatoms. The van der Waals surface area contributed by atoms with E-state index in [1.165, 1.54) is 11.1 Å². The van der Waals surface area contributed by atoms with E-state index in [4.69, 9.17) is 4.74 Å². The molecule has 0 amide bonds. The molecule has 1 aromatic carbocycles. The Morgan fingerprint density at radius 1 is 1.21 bits per heavy atom. The van der Waals surface area contributed by atoms with Gasteiger partial charge in [-0.15, -0.1) is 0 Å². The molecule has 0 N–H and O–H groups in total. The summed E-state index contributed by atoms with van der Waals surface area (Å²) in [7, 11) is 0. The van der Waals surface area contributed by atoms with Gasteiger partial charge < -0.3 is 4.74 Å². The van der Waals surface area contributed by atoms with Crippen molar-refractivity contribution in [3.05, 3.63) is 47.5 Å². The van der Waals surface area contributed by atoms with E-state index >= 15 is 0 Å². The van der Waals surface area contributed by atoms with Gasteiger partial charge in [0.15, 0.2) is 0 Å². The minimum Gasteiger partial charge on any atom is -0.366 e. The Bertz CT molecular complexity index is 326. The molecule has 0 aliphatic carbocycles. The lowest BCUT2D eigenvalue weighted by Gasteiger charge is -2.26. The second-order valence-electron chi connectivity index (χ2n) is 4.00. The van der Waals surface area contributed by atoms with Gasteiger partial charge in [0.25, 0.3) is 0 Å². The van der Waals surface area contributed by atoms with E-state index in [1.54, 1.807) is 0 Å². The van der Waals surface area contributed by atoms with E-state index < -0.39 is 0 Å². The lowest BCUT2D eigenvalue weighted by molar-refractivity contribution is 0.0134. The average Bonchev–Trinajstić information content (AvgIpc) is 2.18. The Labute approximate surface area is 85.4 Å². The van der Waals surface area contributed by atoms with Crippen LogP contribution in [0.2, 0.25) is 0 Å². The summed E-state index contributed by atoms with van der Waals surface area (Å²) < 4.78 is 5.87. The average molecular weight is 188 g/mol. The Hall–Kier alpha value is -1.08. The molecular formula is C13H16O. The molecule has 0 aromatic heterocycles. The van der Waals surface area contributed by atoms with Gasteiger partial charge in [0.05, 0.1) is 6.10 Å². The van der Waals surface area contributed by atoms with Crippen LogP contribution in [0.3, 0.4) is 0 Å². The highest BCUT2D eigenvalue weighted by Gasteiger charge is 2.18. The SMILES string of the molecule is CC1=C[C@H](c2ccccc2)O[C@@H](C)C1. The number of rotatable bonds is 1. The van der Waals surface area contributed by atoms with Crippen LogP contribution in [-0.4, -0.2) is 6.10 Å². The van der Waals surface area contributed by atoms with Crippen LogP contribution < -0.4 is 0 Å². The van der Waals surface area contributed by atoms with Crippen molar-refractivity contribution in [2.75, 3.05) is 0 Å². The van der Waals surface area contributed by atoms with Crippen LogP contribution in [0.1, 0.15) is 31.9 Å². The Morgan fingerprint density at radius 3 is 2.57 bits per heavy atom. The van der Waals surface area contributed by atoms with Crippen molar-refractivity contribution in [3.63, 3.8) is 0 Å². The van der Waals surface area contributed by atoms with Crippen LogP contribution in [0.15, 0.2) is 42.0 Å². The second-order valence-corrected chi connectivity index (χ2v) is 4.00. The number of hydrogen-bond donors (Lipinski definition) is 0. The molecule has 14 heavy (non-hydrogen) atoms. The van der Waals surface area contributed by atoms with Gasteiger partial charge >= 0.3 is 0 Å². The zero-order valence-electron chi connectivity index (χ0n) is 8.73. The fourth-order valence-electron chi connectivity index (χ4n) is 1.94. The van der Waals surface area contributed by atoms with Gasteiger partial charge in [-0.2, -0.15) is 0 Å². The van der Waals surface area contributed by atoms with Gasteiger partial charge in [-0.3, -0.25) is 0 Å². The normalized spacial score (nSPS) is 27.1. The quantitative estimate of drug-likeness (QED) is 0.613. The van der Waals surface area contributed by atoms with Crippen molar-refractivity contribution >= 4 is 0 Å². The van der Waals surface area contributed by atoms with Crippen molar-refractivity contribution in [2.24, 2.45) is 0 Å². The minimum atomic E-state index is 0.153. The summed E-state index contributed by atoms with van der Waals surface area (Å²) in [4.78, 5) is 0. The fraction of sp³-hybridized carbons (Fsp3) is 0.385. The van der Waals surface area contributed by atoms with Crippen LogP contribution in [-0.2, 0) is 4.74 Å². The van der Waals surface area contributed by atoms with Crippen LogP contribution in [0.25, 0.3) is 0 Å². The van der Waals surface area contributed by atoms with Gasteiger partial charge in [-0.25, -0.2) is 0 Å². The molecule has 74 valence electrons. The molecule has 1 aromatic rings. The molecular weight excluding hydrogens is 172 g/mol. The smallest absolute Gasteiger partial charge is 0.101 e. The molecule has 0 bridgehead atoms. The maximum Gasteiger partial charge on any atom is 0.101 e. The van der Waals surface area contributed by atoms with Crippen molar-refractivity contribution in [3.8, 4) is 0 Å².